The summed E-state index contributed by atoms with van der Waals surface area (Å²) in [6.07, 6.45) is 0. The highest BCUT2D eigenvalue weighted by atomic mass is 19.1. The molecule has 0 aromatic heterocycles. The second-order valence-electron chi connectivity index (χ2n) is 2.03. The zero-order valence-corrected chi connectivity index (χ0v) is 7.36. The Morgan fingerprint density at radius 2 is 1.42 bits per heavy atom. The van der Waals surface area contributed by atoms with Crippen LogP contribution in [0.3, 0.4) is 0 Å². The van der Waals surface area contributed by atoms with Crippen LogP contribution in [0.4, 0.5) is 8.78 Å². The molecule has 0 aliphatic carbocycles. The van der Waals surface area contributed by atoms with Gasteiger partial charge in [-0.2, -0.15) is 0 Å². The minimum atomic E-state index is -0.725. The molecule has 0 aliphatic heterocycles. The first-order valence-electron chi connectivity index (χ1n) is 3.76. The molecule has 0 atom stereocenters. The Bertz CT molecular complexity index is 236. The van der Waals surface area contributed by atoms with Crippen molar-refractivity contribution in [3.8, 4) is 5.75 Å². The van der Waals surface area contributed by atoms with Crippen LogP contribution in [0.2, 0.25) is 0 Å². The molecular formula is C9H12F2O. The summed E-state index contributed by atoms with van der Waals surface area (Å²) in [6.45, 7) is 5.31. The lowest BCUT2D eigenvalue weighted by molar-refractivity contribution is 0.458. The largest absolute Gasteiger partial charge is 0.508 e. The van der Waals surface area contributed by atoms with Gasteiger partial charge < -0.3 is 5.11 Å². The summed E-state index contributed by atoms with van der Waals surface area (Å²) in [4.78, 5) is 0. The van der Waals surface area contributed by atoms with Crippen LogP contribution in [0.5, 0.6) is 5.75 Å². The summed E-state index contributed by atoms with van der Waals surface area (Å²) in [5.74, 6) is -1.84. The Balaban J connectivity index is 0.000000561. The molecule has 0 radical (unpaired) electrons. The highest BCUT2D eigenvalue weighted by Gasteiger charge is 2.04. The SMILES string of the molecule is CC.Cc1c(F)cc(O)cc1F. The average Bonchev–Trinajstić information content (AvgIpc) is 2.04. The summed E-state index contributed by atoms with van der Waals surface area (Å²) in [5.41, 5.74) is -0.0715. The smallest absolute Gasteiger partial charge is 0.132 e. The monoisotopic (exact) mass is 174 g/mol. The third-order valence-corrected chi connectivity index (χ3v) is 1.27. The van der Waals surface area contributed by atoms with Crippen LogP contribution in [-0.2, 0) is 0 Å². The van der Waals surface area contributed by atoms with Gasteiger partial charge in [0.25, 0.3) is 0 Å². The highest BCUT2D eigenvalue weighted by molar-refractivity contribution is 5.28. The van der Waals surface area contributed by atoms with E-state index >= 15 is 0 Å². The van der Waals surface area contributed by atoms with E-state index in [2.05, 4.69) is 0 Å². The molecule has 0 saturated carbocycles. The first kappa shape index (κ1) is 10.9. The average molecular weight is 174 g/mol. The molecular weight excluding hydrogens is 162 g/mol. The van der Waals surface area contributed by atoms with Gasteiger partial charge in [0.05, 0.1) is 0 Å². The van der Waals surface area contributed by atoms with Gasteiger partial charge in [-0.3, -0.25) is 0 Å². The molecule has 0 fully saturated rings. The van der Waals surface area contributed by atoms with Crippen molar-refractivity contribution >= 4 is 0 Å². The third kappa shape index (κ3) is 2.49. The summed E-state index contributed by atoms with van der Waals surface area (Å²) in [5, 5.41) is 8.64. The van der Waals surface area contributed by atoms with Crippen molar-refractivity contribution in [2.75, 3.05) is 0 Å². The van der Waals surface area contributed by atoms with Crippen LogP contribution >= 0.6 is 0 Å². The predicted molar refractivity (Wildman–Crippen MR) is 44.1 cm³/mol. The van der Waals surface area contributed by atoms with Gasteiger partial charge in [0, 0.05) is 17.7 Å². The number of halogens is 2. The van der Waals surface area contributed by atoms with Gasteiger partial charge in [-0.15, -0.1) is 0 Å². The first-order valence-corrected chi connectivity index (χ1v) is 3.76. The Morgan fingerprint density at radius 3 is 1.75 bits per heavy atom. The minimum absolute atomic E-state index is 0.0715. The molecule has 0 unspecified atom stereocenters. The van der Waals surface area contributed by atoms with E-state index in [0.29, 0.717) is 0 Å². The van der Waals surface area contributed by atoms with E-state index in [-0.39, 0.29) is 11.3 Å². The number of rotatable bonds is 0. The van der Waals surface area contributed by atoms with Gasteiger partial charge in [-0.25, -0.2) is 8.78 Å². The van der Waals surface area contributed by atoms with Gasteiger partial charge in [-0.05, 0) is 6.92 Å². The molecule has 1 N–H and O–H groups in total. The number of benzene rings is 1. The first-order chi connectivity index (χ1) is 5.61. The van der Waals surface area contributed by atoms with E-state index in [4.69, 9.17) is 5.11 Å². The Morgan fingerprint density at radius 1 is 1.08 bits per heavy atom. The van der Waals surface area contributed by atoms with Crippen molar-refractivity contribution < 1.29 is 13.9 Å². The third-order valence-electron chi connectivity index (χ3n) is 1.27. The van der Waals surface area contributed by atoms with Crippen molar-refractivity contribution in [3.63, 3.8) is 0 Å². The number of phenolic OH excluding ortho intramolecular Hbond substituents is 1. The zero-order chi connectivity index (χ0) is 9.72. The summed E-state index contributed by atoms with van der Waals surface area (Å²) in [6, 6.07) is 1.75. The van der Waals surface area contributed by atoms with Crippen molar-refractivity contribution in [1.82, 2.24) is 0 Å². The molecule has 12 heavy (non-hydrogen) atoms. The van der Waals surface area contributed by atoms with Gasteiger partial charge in [0.1, 0.15) is 17.4 Å². The molecule has 0 spiro atoms. The minimum Gasteiger partial charge on any atom is -0.508 e. The lowest BCUT2D eigenvalue weighted by Crippen LogP contribution is -1.86. The van der Waals surface area contributed by atoms with Crippen LogP contribution in [0.1, 0.15) is 19.4 Å². The standard InChI is InChI=1S/C7H6F2O.C2H6/c1-4-6(8)2-5(10)3-7(4)9;1-2/h2-3,10H,1H3;1-2H3. The molecule has 1 nitrogen and oxygen atoms in total. The van der Waals surface area contributed by atoms with Crippen LogP contribution in [0.25, 0.3) is 0 Å². The fourth-order valence-corrected chi connectivity index (χ4v) is 0.632. The highest BCUT2D eigenvalue weighted by Crippen LogP contribution is 2.17. The fourth-order valence-electron chi connectivity index (χ4n) is 0.632. The van der Waals surface area contributed by atoms with E-state index in [0.717, 1.165) is 12.1 Å². The molecule has 68 valence electrons. The van der Waals surface area contributed by atoms with Gasteiger partial charge in [0.2, 0.25) is 0 Å². The predicted octanol–water partition coefficient (Wildman–Crippen LogP) is 3.01. The molecule has 0 amide bonds. The van der Waals surface area contributed by atoms with Crippen molar-refractivity contribution in [2.45, 2.75) is 20.8 Å². The van der Waals surface area contributed by atoms with Crippen molar-refractivity contribution in [1.29, 1.82) is 0 Å². The number of aromatic hydroxyl groups is 1. The maximum atomic E-state index is 12.4. The van der Waals surface area contributed by atoms with Crippen LogP contribution < -0.4 is 0 Å². The second kappa shape index (κ2) is 4.70. The quantitative estimate of drug-likeness (QED) is 0.641. The molecule has 1 rings (SSSR count). The maximum Gasteiger partial charge on any atom is 0.132 e. The fraction of sp³-hybridized carbons (Fsp3) is 0.333. The van der Waals surface area contributed by atoms with E-state index < -0.39 is 11.6 Å². The summed E-state index contributed by atoms with van der Waals surface area (Å²) >= 11 is 0. The Kier molecular flexibility index (Phi) is 4.26. The van der Waals surface area contributed by atoms with Crippen LogP contribution in [-0.4, -0.2) is 5.11 Å². The van der Waals surface area contributed by atoms with Crippen molar-refractivity contribution in [3.05, 3.63) is 29.3 Å². The molecule has 0 saturated heterocycles. The van der Waals surface area contributed by atoms with Crippen LogP contribution in [0.15, 0.2) is 12.1 Å². The van der Waals surface area contributed by atoms with Crippen molar-refractivity contribution in [2.24, 2.45) is 0 Å². The number of phenols is 1. The number of hydrogen-bond donors (Lipinski definition) is 1. The van der Waals surface area contributed by atoms with Gasteiger partial charge in [-0.1, -0.05) is 13.8 Å². The Hall–Kier alpha value is -1.12. The van der Waals surface area contributed by atoms with Gasteiger partial charge >= 0.3 is 0 Å². The van der Waals surface area contributed by atoms with E-state index in [9.17, 15) is 8.78 Å². The normalized spacial score (nSPS) is 8.75. The molecule has 0 bridgehead atoms. The number of hydrogen-bond acceptors (Lipinski definition) is 1. The van der Waals surface area contributed by atoms with E-state index in [1.54, 1.807) is 0 Å². The van der Waals surface area contributed by atoms with Gasteiger partial charge in [0.15, 0.2) is 0 Å². The van der Waals surface area contributed by atoms with E-state index in [1.807, 2.05) is 13.8 Å². The maximum absolute atomic E-state index is 12.4. The lowest BCUT2D eigenvalue weighted by Gasteiger charge is -1.97. The molecule has 0 heterocycles. The second-order valence-corrected chi connectivity index (χ2v) is 2.03. The molecule has 3 heteroatoms. The topological polar surface area (TPSA) is 20.2 Å². The lowest BCUT2D eigenvalue weighted by atomic mass is 10.2. The Labute approximate surface area is 70.7 Å². The summed E-state index contributed by atoms with van der Waals surface area (Å²) in [7, 11) is 0. The zero-order valence-electron chi connectivity index (χ0n) is 7.36. The van der Waals surface area contributed by atoms with Crippen LogP contribution in [0, 0.1) is 18.6 Å². The molecule has 0 aliphatic rings. The summed E-state index contributed by atoms with van der Waals surface area (Å²) < 4.78 is 24.9. The van der Waals surface area contributed by atoms with E-state index in [1.165, 1.54) is 6.92 Å². The molecule has 1 aromatic carbocycles. The molecule has 1 aromatic rings.